The largest absolute Gasteiger partial charge is 0.348 e. The van der Waals surface area contributed by atoms with Crippen molar-refractivity contribution in [1.29, 1.82) is 0 Å². The standard InChI is InChI=1S/C16H24N4/c1-12(2)20-9-7-15(18-20)11-19-8-6-14(10-19)16(17-3)13-4-5-13/h6-10,12-13,16-17H,4-5,11H2,1-3H3. The van der Waals surface area contributed by atoms with Crippen LogP contribution in [-0.2, 0) is 6.54 Å². The topological polar surface area (TPSA) is 34.8 Å². The van der Waals surface area contributed by atoms with E-state index >= 15 is 0 Å². The molecule has 0 radical (unpaired) electrons. The maximum Gasteiger partial charge on any atom is 0.0821 e. The highest BCUT2D eigenvalue weighted by Gasteiger charge is 2.31. The van der Waals surface area contributed by atoms with Gasteiger partial charge in [0, 0.05) is 30.7 Å². The molecule has 1 fully saturated rings. The van der Waals surface area contributed by atoms with E-state index in [9.17, 15) is 0 Å². The monoisotopic (exact) mass is 272 g/mol. The summed E-state index contributed by atoms with van der Waals surface area (Å²) in [5, 5.41) is 8.05. The molecule has 4 heteroatoms. The van der Waals surface area contributed by atoms with E-state index in [-0.39, 0.29) is 0 Å². The molecule has 108 valence electrons. The van der Waals surface area contributed by atoms with Crippen LogP contribution >= 0.6 is 0 Å². The molecule has 2 heterocycles. The molecule has 0 saturated heterocycles. The number of nitrogens with one attached hydrogen (secondary N) is 1. The Kier molecular flexibility index (Phi) is 3.66. The lowest BCUT2D eigenvalue weighted by molar-refractivity contribution is 0.521. The summed E-state index contributed by atoms with van der Waals surface area (Å²) in [7, 11) is 2.06. The molecular formula is C16H24N4. The van der Waals surface area contributed by atoms with Crippen molar-refractivity contribution in [2.24, 2.45) is 5.92 Å². The summed E-state index contributed by atoms with van der Waals surface area (Å²) in [6, 6.07) is 5.28. The van der Waals surface area contributed by atoms with Gasteiger partial charge in [-0.1, -0.05) is 0 Å². The van der Waals surface area contributed by atoms with E-state index in [1.54, 1.807) is 0 Å². The van der Waals surface area contributed by atoms with Crippen molar-refractivity contribution in [3.63, 3.8) is 0 Å². The van der Waals surface area contributed by atoms with Crippen LogP contribution in [0, 0.1) is 5.92 Å². The zero-order valence-electron chi connectivity index (χ0n) is 12.6. The van der Waals surface area contributed by atoms with Crippen LogP contribution in [0.15, 0.2) is 30.7 Å². The number of hydrogen-bond acceptors (Lipinski definition) is 2. The third kappa shape index (κ3) is 2.80. The lowest BCUT2D eigenvalue weighted by Crippen LogP contribution is -2.17. The third-order valence-electron chi connectivity index (χ3n) is 4.07. The van der Waals surface area contributed by atoms with Crippen molar-refractivity contribution in [3.8, 4) is 0 Å². The Morgan fingerprint density at radius 1 is 1.30 bits per heavy atom. The quantitative estimate of drug-likeness (QED) is 0.877. The normalized spacial score (nSPS) is 16.8. The van der Waals surface area contributed by atoms with Crippen LogP contribution in [0.3, 0.4) is 0 Å². The Bertz CT molecular complexity index is 563. The van der Waals surface area contributed by atoms with Crippen molar-refractivity contribution < 1.29 is 0 Å². The van der Waals surface area contributed by atoms with Gasteiger partial charge in [-0.3, -0.25) is 4.68 Å². The minimum Gasteiger partial charge on any atom is -0.348 e. The Hall–Kier alpha value is -1.55. The highest BCUT2D eigenvalue weighted by Crippen LogP contribution is 2.40. The average Bonchev–Trinajstić information content (AvgIpc) is 2.97. The first-order valence-electron chi connectivity index (χ1n) is 7.54. The van der Waals surface area contributed by atoms with Gasteiger partial charge in [-0.05, 0) is 57.4 Å². The smallest absolute Gasteiger partial charge is 0.0821 e. The number of rotatable bonds is 6. The second-order valence-corrected chi connectivity index (χ2v) is 6.10. The maximum atomic E-state index is 4.61. The zero-order valence-corrected chi connectivity index (χ0v) is 12.6. The van der Waals surface area contributed by atoms with E-state index in [1.807, 2.05) is 4.68 Å². The van der Waals surface area contributed by atoms with Crippen LogP contribution in [-0.4, -0.2) is 21.4 Å². The molecule has 0 aromatic carbocycles. The summed E-state index contributed by atoms with van der Waals surface area (Å²) in [5.74, 6) is 0.830. The molecule has 1 aliphatic rings. The van der Waals surface area contributed by atoms with Gasteiger partial charge in [-0.15, -0.1) is 0 Å². The van der Waals surface area contributed by atoms with Crippen molar-refractivity contribution in [2.45, 2.75) is 45.3 Å². The van der Waals surface area contributed by atoms with Crippen molar-refractivity contribution in [3.05, 3.63) is 42.0 Å². The molecule has 1 N–H and O–H groups in total. The number of hydrogen-bond donors (Lipinski definition) is 1. The summed E-state index contributed by atoms with van der Waals surface area (Å²) < 4.78 is 4.25. The SMILES string of the molecule is CNC(c1ccn(Cc2ccn(C(C)C)n2)c1)C1CC1. The first-order valence-corrected chi connectivity index (χ1v) is 7.54. The predicted molar refractivity (Wildman–Crippen MR) is 80.7 cm³/mol. The Morgan fingerprint density at radius 3 is 2.70 bits per heavy atom. The summed E-state index contributed by atoms with van der Waals surface area (Å²) in [5.41, 5.74) is 2.52. The molecule has 1 saturated carbocycles. The Labute approximate surface area is 120 Å². The average molecular weight is 272 g/mol. The van der Waals surface area contributed by atoms with E-state index in [0.717, 1.165) is 18.2 Å². The van der Waals surface area contributed by atoms with Gasteiger partial charge in [0.1, 0.15) is 0 Å². The Morgan fingerprint density at radius 2 is 2.10 bits per heavy atom. The van der Waals surface area contributed by atoms with Crippen molar-refractivity contribution >= 4 is 0 Å². The molecule has 0 amide bonds. The van der Waals surface area contributed by atoms with Gasteiger partial charge >= 0.3 is 0 Å². The van der Waals surface area contributed by atoms with E-state index in [4.69, 9.17) is 0 Å². The van der Waals surface area contributed by atoms with E-state index in [1.165, 1.54) is 18.4 Å². The molecule has 3 rings (SSSR count). The third-order valence-corrected chi connectivity index (χ3v) is 4.07. The minimum absolute atomic E-state index is 0.424. The summed E-state index contributed by atoms with van der Waals surface area (Å²) >= 11 is 0. The molecule has 0 spiro atoms. The van der Waals surface area contributed by atoms with E-state index in [2.05, 4.69) is 66.6 Å². The summed E-state index contributed by atoms with van der Waals surface area (Å²) in [4.78, 5) is 0. The van der Waals surface area contributed by atoms with Gasteiger partial charge in [-0.2, -0.15) is 5.10 Å². The second-order valence-electron chi connectivity index (χ2n) is 6.10. The molecule has 4 nitrogen and oxygen atoms in total. The van der Waals surface area contributed by atoms with Crippen LogP contribution < -0.4 is 5.32 Å². The van der Waals surface area contributed by atoms with Gasteiger partial charge in [-0.25, -0.2) is 0 Å². The van der Waals surface area contributed by atoms with E-state index < -0.39 is 0 Å². The zero-order chi connectivity index (χ0) is 14.1. The molecule has 1 aliphatic carbocycles. The van der Waals surface area contributed by atoms with Crippen LogP contribution in [0.2, 0.25) is 0 Å². The fourth-order valence-corrected chi connectivity index (χ4v) is 2.78. The summed E-state index contributed by atoms with van der Waals surface area (Å²) in [6.07, 6.45) is 9.19. The maximum absolute atomic E-state index is 4.61. The molecular weight excluding hydrogens is 248 g/mol. The first kappa shape index (κ1) is 13.4. The molecule has 0 aliphatic heterocycles. The summed E-state index contributed by atoms with van der Waals surface area (Å²) in [6.45, 7) is 5.15. The fraction of sp³-hybridized carbons (Fsp3) is 0.562. The number of nitrogens with zero attached hydrogens (tertiary/aromatic N) is 3. The minimum atomic E-state index is 0.424. The van der Waals surface area contributed by atoms with Gasteiger partial charge in [0.25, 0.3) is 0 Å². The molecule has 1 atom stereocenters. The Balaban J connectivity index is 1.69. The van der Waals surface area contributed by atoms with Crippen LogP contribution in [0.5, 0.6) is 0 Å². The molecule has 20 heavy (non-hydrogen) atoms. The van der Waals surface area contributed by atoms with Gasteiger partial charge in [0.15, 0.2) is 0 Å². The highest BCUT2D eigenvalue weighted by molar-refractivity contribution is 5.19. The highest BCUT2D eigenvalue weighted by atomic mass is 15.3. The molecule has 2 aromatic rings. The lowest BCUT2D eigenvalue weighted by atomic mass is 10.1. The predicted octanol–water partition coefficient (Wildman–Crippen LogP) is 2.98. The van der Waals surface area contributed by atoms with Crippen LogP contribution in [0.1, 0.15) is 50.0 Å². The first-order chi connectivity index (χ1) is 9.67. The fourth-order valence-electron chi connectivity index (χ4n) is 2.78. The van der Waals surface area contributed by atoms with Crippen molar-refractivity contribution in [1.82, 2.24) is 19.7 Å². The van der Waals surface area contributed by atoms with Gasteiger partial charge in [0.2, 0.25) is 0 Å². The molecule has 2 aromatic heterocycles. The van der Waals surface area contributed by atoms with Gasteiger partial charge < -0.3 is 9.88 Å². The van der Waals surface area contributed by atoms with E-state index in [0.29, 0.717) is 12.1 Å². The van der Waals surface area contributed by atoms with Crippen LogP contribution in [0.25, 0.3) is 0 Å². The van der Waals surface area contributed by atoms with Crippen LogP contribution in [0.4, 0.5) is 0 Å². The second kappa shape index (κ2) is 5.44. The van der Waals surface area contributed by atoms with Gasteiger partial charge in [0.05, 0.1) is 12.2 Å². The molecule has 1 unspecified atom stereocenters. The van der Waals surface area contributed by atoms with Crippen molar-refractivity contribution in [2.75, 3.05) is 7.05 Å². The lowest BCUT2D eigenvalue weighted by Gasteiger charge is -2.13. The molecule has 0 bridgehead atoms. The number of aromatic nitrogens is 3.